The van der Waals surface area contributed by atoms with Crippen LogP contribution in [0.3, 0.4) is 0 Å². The number of rotatable bonds is 3. The van der Waals surface area contributed by atoms with Gasteiger partial charge in [0.15, 0.2) is 0 Å². The molecule has 0 unspecified atom stereocenters. The predicted octanol–water partition coefficient (Wildman–Crippen LogP) is 3.42. The lowest BCUT2D eigenvalue weighted by Gasteiger charge is -2.32. The van der Waals surface area contributed by atoms with E-state index in [9.17, 15) is 0 Å². The lowest BCUT2D eigenvalue weighted by atomic mass is 10.1. The molecule has 0 saturated carbocycles. The average Bonchev–Trinajstić information content (AvgIpc) is 2.85. The van der Waals surface area contributed by atoms with Crippen molar-refractivity contribution in [2.45, 2.75) is 12.6 Å². The molecule has 0 N–H and O–H groups in total. The molecule has 20 heavy (non-hydrogen) atoms. The molecule has 0 spiro atoms. The first-order valence-electron chi connectivity index (χ1n) is 6.28. The number of nitrogens with zero attached hydrogens (tertiary/aromatic N) is 3. The second-order valence-corrected chi connectivity index (χ2v) is 6.43. The average molecular weight is 330 g/mol. The van der Waals surface area contributed by atoms with Gasteiger partial charge in [-0.05, 0) is 17.7 Å². The van der Waals surface area contributed by atoms with Crippen molar-refractivity contribution < 1.29 is 4.74 Å². The highest BCUT2D eigenvalue weighted by atomic mass is 35.5. The van der Waals surface area contributed by atoms with Crippen molar-refractivity contribution in [3.63, 3.8) is 0 Å². The zero-order valence-electron chi connectivity index (χ0n) is 10.6. The molecule has 0 bridgehead atoms. The molecule has 0 aliphatic carbocycles. The molecule has 1 atom stereocenters. The Hall–Kier alpha value is -0.720. The maximum atomic E-state index is 6.05. The highest BCUT2D eigenvalue weighted by Gasteiger charge is 2.23. The molecule has 1 aliphatic heterocycles. The van der Waals surface area contributed by atoms with Crippen LogP contribution < -0.4 is 0 Å². The summed E-state index contributed by atoms with van der Waals surface area (Å²) in [6.07, 6.45) is 0.0615. The minimum absolute atomic E-state index is 0.0615. The van der Waals surface area contributed by atoms with Crippen LogP contribution in [0.15, 0.2) is 24.3 Å². The summed E-state index contributed by atoms with van der Waals surface area (Å²) in [5, 5.41) is 4.79. The Balaban J connectivity index is 1.67. The fourth-order valence-electron chi connectivity index (χ4n) is 2.23. The fourth-order valence-corrected chi connectivity index (χ4v) is 2.97. The third-order valence-corrected chi connectivity index (χ3v) is 4.51. The molecular weight excluding hydrogens is 317 g/mol. The van der Waals surface area contributed by atoms with Gasteiger partial charge in [-0.25, -0.2) is 0 Å². The van der Waals surface area contributed by atoms with E-state index in [2.05, 4.69) is 14.5 Å². The van der Waals surface area contributed by atoms with Gasteiger partial charge < -0.3 is 4.74 Å². The molecule has 4 nitrogen and oxygen atoms in total. The maximum Gasteiger partial charge on any atom is 0.138 e. The van der Waals surface area contributed by atoms with E-state index in [-0.39, 0.29) is 6.10 Å². The Labute approximate surface area is 131 Å². The molecule has 1 aromatic heterocycles. The van der Waals surface area contributed by atoms with Crippen LogP contribution in [0, 0.1) is 0 Å². The molecule has 106 valence electrons. The molecular formula is C13H13Cl2N3OS. The quantitative estimate of drug-likeness (QED) is 0.864. The van der Waals surface area contributed by atoms with Gasteiger partial charge >= 0.3 is 0 Å². The van der Waals surface area contributed by atoms with Crippen molar-refractivity contribution in [2.75, 3.05) is 19.7 Å². The summed E-state index contributed by atoms with van der Waals surface area (Å²) < 4.78 is 10.4. The first-order valence-corrected chi connectivity index (χ1v) is 7.81. The summed E-state index contributed by atoms with van der Waals surface area (Å²) >= 11 is 13.2. The van der Waals surface area contributed by atoms with Gasteiger partial charge in [-0.15, -0.1) is 5.10 Å². The van der Waals surface area contributed by atoms with E-state index < -0.39 is 0 Å². The van der Waals surface area contributed by atoms with Crippen molar-refractivity contribution >= 4 is 34.7 Å². The minimum Gasteiger partial charge on any atom is -0.371 e. The number of benzene rings is 1. The summed E-state index contributed by atoms with van der Waals surface area (Å²) in [5.41, 5.74) is 1.98. The highest BCUT2D eigenvalue weighted by molar-refractivity contribution is 7.10. The van der Waals surface area contributed by atoms with Gasteiger partial charge in [0.1, 0.15) is 10.0 Å². The Morgan fingerprint density at radius 1 is 1.30 bits per heavy atom. The summed E-state index contributed by atoms with van der Waals surface area (Å²) in [6.45, 7) is 3.10. The van der Waals surface area contributed by atoms with Crippen LogP contribution in [0.25, 0.3) is 0 Å². The van der Waals surface area contributed by atoms with E-state index >= 15 is 0 Å². The van der Waals surface area contributed by atoms with Gasteiger partial charge in [0.05, 0.1) is 12.7 Å². The zero-order chi connectivity index (χ0) is 13.9. The number of hydrogen-bond donors (Lipinski definition) is 0. The van der Waals surface area contributed by atoms with Crippen LogP contribution in [0.2, 0.25) is 9.36 Å². The molecule has 1 aromatic carbocycles. The third kappa shape index (κ3) is 3.30. The monoisotopic (exact) mass is 329 g/mol. The molecule has 1 fully saturated rings. The topological polar surface area (TPSA) is 38.2 Å². The second-order valence-electron chi connectivity index (χ2n) is 4.64. The van der Waals surface area contributed by atoms with Gasteiger partial charge in [0, 0.05) is 36.2 Å². The lowest BCUT2D eigenvalue weighted by molar-refractivity contribution is -0.0332. The second kappa shape index (κ2) is 6.37. The van der Waals surface area contributed by atoms with E-state index in [0.717, 1.165) is 29.4 Å². The SMILES string of the molecule is Clc1ccc([C@H]2CN(Cc3nnsc3Cl)CCO2)cc1. The lowest BCUT2D eigenvalue weighted by Crippen LogP contribution is -2.37. The first-order chi connectivity index (χ1) is 9.72. The van der Waals surface area contributed by atoms with Crippen LogP contribution >= 0.6 is 34.7 Å². The molecule has 1 aliphatic rings. The maximum absolute atomic E-state index is 6.05. The molecule has 0 radical (unpaired) electrons. The largest absolute Gasteiger partial charge is 0.371 e. The van der Waals surface area contributed by atoms with Gasteiger partial charge in [-0.3, -0.25) is 4.90 Å². The Morgan fingerprint density at radius 2 is 2.10 bits per heavy atom. The predicted molar refractivity (Wildman–Crippen MR) is 80.3 cm³/mol. The van der Waals surface area contributed by atoms with E-state index in [4.69, 9.17) is 27.9 Å². The zero-order valence-corrected chi connectivity index (χ0v) is 13.0. The van der Waals surface area contributed by atoms with E-state index in [0.29, 0.717) is 17.5 Å². The van der Waals surface area contributed by atoms with Gasteiger partial charge in [-0.2, -0.15) is 0 Å². The van der Waals surface area contributed by atoms with E-state index in [1.165, 1.54) is 11.5 Å². The highest BCUT2D eigenvalue weighted by Crippen LogP contribution is 2.26. The Bertz CT molecular complexity index is 575. The van der Waals surface area contributed by atoms with Crippen molar-refractivity contribution in [3.05, 3.63) is 44.9 Å². The van der Waals surface area contributed by atoms with Gasteiger partial charge in [-0.1, -0.05) is 39.8 Å². The standard InChI is InChI=1S/C13H13Cl2N3OS/c14-10-3-1-9(2-4-10)12-8-18(5-6-19-12)7-11-13(15)20-17-16-11/h1-4,12H,5-8H2/t12-/m1/s1. The van der Waals surface area contributed by atoms with Crippen molar-refractivity contribution in [3.8, 4) is 0 Å². The molecule has 2 heterocycles. The molecule has 0 amide bonds. The summed E-state index contributed by atoms with van der Waals surface area (Å²) in [6, 6.07) is 7.79. The van der Waals surface area contributed by atoms with Crippen LogP contribution in [-0.4, -0.2) is 34.2 Å². The smallest absolute Gasteiger partial charge is 0.138 e. The van der Waals surface area contributed by atoms with Crippen LogP contribution in [0.4, 0.5) is 0 Å². The van der Waals surface area contributed by atoms with Gasteiger partial charge in [0.25, 0.3) is 0 Å². The van der Waals surface area contributed by atoms with Crippen molar-refractivity contribution in [2.24, 2.45) is 0 Å². The molecule has 3 rings (SSSR count). The Morgan fingerprint density at radius 3 is 2.80 bits per heavy atom. The Kier molecular flexibility index (Phi) is 4.53. The number of halogens is 2. The number of morpholine rings is 1. The summed E-state index contributed by atoms with van der Waals surface area (Å²) in [4.78, 5) is 2.28. The molecule has 1 saturated heterocycles. The fraction of sp³-hybridized carbons (Fsp3) is 0.385. The summed E-state index contributed by atoms with van der Waals surface area (Å²) in [7, 11) is 0. The van der Waals surface area contributed by atoms with Crippen LogP contribution in [0.1, 0.15) is 17.4 Å². The molecule has 7 heteroatoms. The van der Waals surface area contributed by atoms with E-state index in [1.807, 2.05) is 24.3 Å². The summed E-state index contributed by atoms with van der Waals surface area (Å²) in [5.74, 6) is 0. The normalized spacial score (nSPS) is 20.2. The third-order valence-electron chi connectivity index (χ3n) is 3.28. The molecule has 2 aromatic rings. The van der Waals surface area contributed by atoms with Gasteiger partial charge in [0.2, 0.25) is 0 Å². The van der Waals surface area contributed by atoms with E-state index in [1.54, 1.807) is 0 Å². The van der Waals surface area contributed by atoms with Crippen LogP contribution in [-0.2, 0) is 11.3 Å². The number of ether oxygens (including phenoxy) is 1. The number of aromatic nitrogens is 2. The van der Waals surface area contributed by atoms with Crippen LogP contribution in [0.5, 0.6) is 0 Å². The number of hydrogen-bond acceptors (Lipinski definition) is 5. The van der Waals surface area contributed by atoms with Crippen molar-refractivity contribution in [1.29, 1.82) is 0 Å². The first kappa shape index (κ1) is 14.2. The van der Waals surface area contributed by atoms with Crippen molar-refractivity contribution in [1.82, 2.24) is 14.5 Å². The minimum atomic E-state index is 0.0615.